The van der Waals surface area contributed by atoms with Crippen molar-refractivity contribution in [2.75, 3.05) is 57.4 Å². The lowest BCUT2D eigenvalue weighted by atomic mass is 10.1. The Labute approximate surface area is 661 Å². The van der Waals surface area contributed by atoms with E-state index in [9.17, 15) is 35.1 Å². The average molecular weight is 1600 g/mol. The normalized spacial score (nSPS) is 14.6. The Hall–Kier alpha value is -12.0. The Morgan fingerprint density at radius 3 is 0.614 bits per heavy atom. The molecule has 9 aromatic carbocycles. The molecule has 570 valence electrons. The number of nitrogens with zero attached hydrogens (tertiary/aromatic N) is 16. The fourth-order valence-electron chi connectivity index (χ4n) is 15.0. The molecule has 0 amide bonds. The van der Waals surface area contributed by atoms with Gasteiger partial charge in [0.2, 0.25) is 16.6 Å². The Bertz CT molecular complexity index is 5830. The van der Waals surface area contributed by atoms with Gasteiger partial charge in [-0.2, -0.15) is 0 Å². The predicted octanol–water partition coefficient (Wildman–Crippen LogP) is 15.3. The fourth-order valence-corrected chi connectivity index (χ4v) is 27.9. The molecule has 0 N–H and O–H groups in total. The van der Waals surface area contributed by atoms with Gasteiger partial charge in [0.25, 0.3) is 0 Å². The van der Waals surface area contributed by atoms with Crippen LogP contribution in [0.2, 0.25) is 13.1 Å². The summed E-state index contributed by atoms with van der Waals surface area (Å²) in [5, 5.41) is 9.07. The number of benzene rings is 9. The molecule has 8 aliphatic heterocycles. The molecule has 12 bridgehead atoms. The molecule has 2 unspecified atom stereocenters. The Morgan fingerprint density at radius 1 is 0.246 bits per heavy atom. The van der Waals surface area contributed by atoms with E-state index in [1.807, 2.05) is 108 Å². The molecular weight excluding hydrogens is 1530 g/mol. The topological polar surface area (TPSA) is 187 Å². The summed E-state index contributed by atoms with van der Waals surface area (Å²) in [6.45, 7) is 13.8. The minimum atomic E-state index is -3.38. The molecule has 18 nitrogen and oxygen atoms in total. The first-order chi connectivity index (χ1) is 56.2. The van der Waals surface area contributed by atoms with Crippen LogP contribution in [0.3, 0.4) is 0 Å². The maximum absolute atomic E-state index is 9.50. The zero-order valence-electron chi connectivity index (χ0n) is 63.5. The van der Waals surface area contributed by atoms with Crippen LogP contribution in [0.5, 0.6) is 0 Å². The van der Waals surface area contributed by atoms with Crippen LogP contribution in [0.4, 0.5) is 58.4 Å². The summed E-state index contributed by atoms with van der Waals surface area (Å²) in [5.41, 5.74) is 13.8. The predicted molar refractivity (Wildman–Crippen MR) is 450 cm³/mol. The Morgan fingerprint density at radius 2 is 0.421 bits per heavy atom. The molecule has 0 saturated heterocycles. The molecular formula is C84H72Al2F8N16O2Si2. The molecule has 0 aliphatic carbocycles. The standard InChI is InChI=1S/2C32H16N8.C12H16O2Si2.8CH3F.2Al/c2*1-2-10-18-17(9-1)25-33-26(18)38-28-21-13-5-6-14-22(21)30(35-28)40-32-24-16-8-7-15-23(24)31(36-32)39-29-20-12-4-3-11-19(20)27(34-29)37-25;1-5-15(3,13)11-7-9-12(10-8-11)16(4,14)6-2;8*1-2;;/h2*1-16H;5-10H,1-2H2,3-4H3;8*1H3;;/q3*-2;;;;;;;;;2*+3. The molecule has 4 aromatic heterocycles. The van der Waals surface area contributed by atoms with Crippen molar-refractivity contribution in [3.05, 3.63) is 309 Å². The van der Waals surface area contributed by atoms with Crippen LogP contribution in [0.25, 0.3) is 43.1 Å². The van der Waals surface area contributed by atoms with Gasteiger partial charge in [-0.15, -0.1) is 13.2 Å². The smallest absolute Gasteiger partial charge is 0.503 e. The summed E-state index contributed by atoms with van der Waals surface area (Å²) in [6.07, 6.45) is 0. The number of halogens is 8. The molecule has 0 saturated carbocycles. The van der Waals surface area contributed by atoms with Crippen molar-refractivity contribution in [2.45, 2.75) is 13.1 Å². The molecule has 0 radical (unpaired) electrons. The molecule has 0 fully saturated rings. The molecule has 12 heterocycles. The van der Waals surface area contributed by atoms with Crippen molar-refractivity contribution < 1.29 is 42.1 Å². The number of aromatic nitrogens is 4. The summed E-state index contributed by atoms with van der Waals surface area (Å²) in [5.74, 6) is 7.05. The molecule has 30 heteroatoms. The summed E-state index contributed by atoms with van der Waals surface area (Å²) in [7, 11) is -2.76. The maximum Gasteiger partial charge on any atom is 0.799 e. The van der Waals surface area contributed by atoms with E-state index in [1.54, 1.807) is 0 Å². The van der Waals surface area contributed by atoms with Gasteiger partial charge in [0.1, 0.15) is 45.2 Å². The monoisotopic (exact) mass is 1600 g/mol. The average Bonchev–Trinajstić information content (AvgIpc) is 1.55. The van der Waals surface area contributed by atoms with Crippen LogP contribution in [-0.2, 0) is 6.96 Å². The van der Waals surface area contributed by atoms with Crippen LogP contribution in [0.1, 0.15) is 44.5 Å². The van der Waals surface area contributed by atoms with Crippen molar-refractivity contribution in [3.8, 4) is 0 Å². The summed E-state index contributed by atoms with van der Waals surface area (Å²) in [4.78, 5) is 66.1. The summed E-state index contributed by atoms with van der Waals surface area (Å²) < 4.78 is 102. The van der Waals surface area contributed by atoms with Crippen molar-refractivity contribution >= 4 is 170 Å². The van der Waals surface area contributed by atoms with Crippen molar-refractivity contribution in [1.82, 2.24) is 14.2 Å². The van der Waals surface area contributed by atoms with Gasteiger partial charge in [0.05, 0.1) is 57.4 Å². The second kappa shape index (κ2) is 34.2. The van der Waals surface area contributed by atoms with E-state index >= 15 is 0 Å². The van der Waals surface area contributed by atoms with E-state index in [0.717, 1.165) is 98.0 Å². The molecule has 0 spiro atoms. The number of alkyl halides is 8. The number of hydrogen-bond acceptors (Lipinski definition) is 14. The van der Waals surface area contributed by atoms with Crippen molar-refractivity contribution in [2.24, 2.45) is 59.9 Å². The van der Waals surface area contributed by atoms with E-state index in [4.69, 9.17) is 66.9 Å². The molecule has 114 heavy (non-hydrogen) atoms. The van der Waals surface area contributed by atoms with Crippen molar-refractivity contribution in [1.29, 1.82) is 0 Å². The van der Waals surface area contributed by atoms with Gasteiger partial charge < -0.3 is 21.2 Å². The second-order valence-electron chi connectivity index (χ2n) is 25.5. The van der Waals surface area contributed by atoms with Gasteiger partial charge in [0, 0.05) is 87.6 Å². The van der Waals surface area contributed by atoms with Crippen LogP contribution in [-0.4, -0.2) is 165 Å². The Kier molecular flexibility index (Phi) is 24.0. The highest BCUT2D eigenvalue weighted by Crippen LogP contribution is 2.44. The highest BCUT2D eigenvalue weighted by Gasteiger charge is 2.50. The highest BCUT2D eigenvalue weighted by atomic mass is 28.4. The number of rotatable bonds is 8. The van der Waals surface area contributed by atoms with E-state index < -0.39 is 46.5 Å². The van der Waals surface area contributed by atoms with Gasteiger partial charge in [-0.25, -0.2) is 59.9 Å². The number of aliphatic imine (C=N–C) groups is 8. The Balaban J connectivity index is 0.000000670. The maximum atomic E-state index is 9.50. The third-order valence-electron chi connectivity index (χ3n) is 20.0. The highest BCUT2D eigenvalue weighted by molar-refractivity contribution is 6.95. The first-order valence-corrected chi connectivity index (χ1v) is 43.4. The molecule has 13 aromatic rings. The van der Waals surface area contributed by atoms with Crippen molar-refractivity contribution in [3.63, 3.8) is 0 Å². The SMILES string of the molecule is C=C[Si](C)([O][Al]1[n]2c3c4ccccc4c2N=C2N=C(N=c4c5ccccc5c([n]41)=NC1=NC(=N3)c3ccccc31)c1ccccc12)c1ccc([Si](C)(C=C)[O][Al]2[n]3c4c5ccccc5c3N=C3N=C(N=c5c6ccccc6c([n]52)=NC2=NC(=N4)c4ccccc42)c2ccccc23)cc1.CF.CF.CF.CF.CF.CF.CF.CF. The lowest BCUT2D eigenvalue weighted by molar-refractivity contribution is 0.543. The second-order valence-corrected chi connectivity index (χ2v) is 37.1. The molecule has 8 aliphatic rings. The minimum absolute atomic E-state index is 0.500. The van der Waals surface area contributed by atoms with Gasteiger partial charge in [-0.1, -0.05) is 230 Å². The summed E-state index contributed by atoms with van der Waals surface area (Å²) in [6, 6.07) is 74.8. The zero-order chi connectivity index (χ0) is 80.9. The van der Waals surface area contributed by atoms with Gasteiger partial charge in [-0.3, -0.25) is 35.1 Å². The molecule has 21 rings (SSSR count). The summed E-state index contributed by atoms with van der Waals surface area (Å²) >= 11 is -6.74. The fraction of sp³-hybridized carbons (Fsp3) is 0.119. The lowest BCUT2D eigenvalue weighted by Crippen LogP contribution is -2.59. The van der Waals surface area contributed by atoms with Gasteiger partial charge >= 0.3 is 29.8 Å². The first-order valence-electron chi connectivity index (χ1n) is 35.4. The number of hydrogen-bond donors (Lipinski definition) is 0. The van der Waals surface area contributed by atoms with E-state index in [-0.39, 0.29) is 0 Å². The van der Waals surface area contributed by atoms with Crippen LogP contribution in [0.15, 0.2) is 303 Å². The quantitative estimate of drug-likeness (QED) is 0.108. The van der Waals surface area contributed by atoms with Crippen LogP contribution < -0.4 is 32.3 Å². The minimum Gasteiger partial charge on any atom is -0.503 e. The van der Waals surface area contributed by atoms with E-state index in [0.29, 0.717) is 149 Å². The lowest BCUT2D eigenvalue weighted by Gasteiger charge is -2.32. The van der Waals surface area contributed by atoms with E-state index in [1.165, 1.54) is 0 Å². The van der Waals surface area contributed by atoms with Crippen LogP contribution in [0, 0.1) is 0 Å². The van der Waals surface area contributed by atoms with E-state index in [2.05, 4.69) is 162 Å². The first kappa shape index (κ1) is 80.1. The third kappa shape index (κ3) is 13.1. The third-order valence-corrected chi connectivity index (χ3v) is 33.9. The zero-order valence-corrected chi connectivity index (χ0v) is 67.8. The molecule has 2 atom stereocenters. The van der Waals surface area contributed by atoms with Gasteiger partial charge in [0.15, 0.2) is 46.7 Å². The van der Waals surface area contributed by atoms with Gasteiger partial charge in [-0.05, 0) is 23.5 Å². The largest absolute Gasteiger partial charge is 0.799 e. The van der Waals surface area contributed by atoms with Crippen LogP contribution >= 0.6 is 0 Å². The number of amidine groups is 8. The number of fused-ring (bicyclic) bond motifs is 28.